The second-order valence-electron chi connectivity index (χ2n) is 3.26. The van der Waals surface area contributed by atoms with Crippen LogP contribution < -0.4 is 10.5 Å². The summed E-state index contributed by atoms with van der Waals surface area (Å²) in [5, 5.41) is 0. The fraction of sp³-hybridized carbons (Fsp3) is 0.0833. The van der Waals surface area contributed by atoms with Crippen molar-refractivity contribution in [2.45, 2.75) is 0 Å². The first-order chi connectivity index (χ1) is 7.72. The van der Waals surface area contributed by atoms with Gasteiger partial charge in [0.25, 0.3) is 0 Å². The Bertz CT molecular complexity index is 514. The highest BCUT2D eigenvalue weighted by Gasteiger charge is 2.08. The van der Waals surface area contributed by atoms with E-state index in [1.54, 1.807) is 30.3 Å². The number of nitrogens with zero attached hydrogens (tertiary/aromatic N) is 1. The highest BCUT2D eigenvalue weighted by atomic mass is 19.1. The fourth-order valence-corrected chi connectivity index (χ4v) is 1.45. The Kier molecular flexibility index (Phi) is 2.72. The van der Waals surface area contributed by atoms with E-state index in [1.165, 1.54) is 13.2 Å². The first-order valence-corrected chi connectivity index (χ1v) is 4.78. The van der Waals surface area contributed by atoms with Crippen molar-refractivity contribution in [3.05, 3.63) is 42.2 Å². The van der Waals surface area contributed by atoms with E-state index in [1.807, 2.05) is 0 Å². The third kappa shape index (κ3) is 1.82. The first kappa shape index (κ1) is 10.4. The van der Waals surface area contributed by atoms with Crippen LogP contribution in [0.15, 0.2) is 36.4 Å². The van der Waals surface area contributed by atoms with Gasteiger partial charge in [-0.3, -0.25) is 0 Å². The van der Waals surface area contributed by atoms with Gasteiger partial charge >= 0.3 is 0 Å². The molecule has 1 aromatic carbocycles. The number of aromatic nitrogens is 1. The summed E-state index contributed by atoms with van der Waals surface area (Å²) in [6.45, 7) is 0. The first-order valence-electron chi connectivity index (χ1n) is 4.78. The van der Waals surface area contributed by atoms with E-state index in [9.17, 15) is 4.39 Å². The molecule has 2 rings (SSSR count). The van der Waals surface area contributed by atoms with Crippen LogP contribution in [0.1, 0.15) is 0 Å². The molecule has 4 heteroatoms. The van der Waals surface area contributed by atoms with Gasteiger partial charge in [0.2, 0.25) is 0 Å². The molecular weight excluding hydrogens is 207 g/mol. The molecule has 0 saturated heterocycles. The molecule has 0 aliphatic carbocycles. The molecule has 0 aliphatic rings. The number of ether oxygens (including phenoxy) is 1. The van der Waals surface area contributed by atoms with Gasteiger partial charge in [-0.05, 0) is 24.3 Å². The minimum absolute atomic E-state index is 0.253. The number of pyridine rings is 1. The number of hydrogen-bond donors (Lipinski definition) is 1. The van der Waals surface area contributed by atoms with Crippen molar-refractivity contribution in [2.24, 2.45) is 0 Å². The zero-order chi connectivity index (χ0) is 11.5. The van der Waals surface area contributed by atoms with Gasteiger partial charge in [-0.15, -0.1) is 0 Å². The van der Waals surface area contributed by atoms with Crippen LogP contribution in [0.2, 0.25) is 0 Å². The standard InChI is InChI=1S/C12H11FN2O/c1-16-11-7-6-10(15-12(11)14)8-4-2-3-5-9(8)13/h2-7H,1H3,(H2,14,15). The number of anilines is 1. The molecule has 0 amide bonds. The van der Waals surface area contributed by atoms with Crippen molar-refractivity contribution in [3.63, 3.8) is 0 Å². The van der Waals surface area contributed by atoms with E-state index >= 15 is 0 Å². The number of halogens is 1. The van der Waals surface area contributed by atoms with E-state index in [-0.39, 0.29) is 11.6 Å². The summed E-state index contributed by atoms with van der Waals surface area (Å²) in [5.74, 6) is 0.419. The van der Waals surface area contributed by atoms with Crippen molar-refractivity contribution < 1.29 is 9.13 Å². The molecule has 0 radical (unpaired) electrons. The molecule has 2 N–H and O–H groups in total. The summed E-state index contributed by atoms with van der Waals surface area (Å²) in [7, 11) is 1.51. The van der Waals surface area contributed by atoms with Crippen LogP contribution in [-0.4, -0.2) is 12.1 Å². The summed E-state index contributed by atoms with van der Waals surface area (Å²) in [6.07, 6.45) is 0. The van der Waals surface area contributed by atoms with Crippen LogP contribution in [0.3, 0.4) is 0 Å². The van der Waals surface area contributed by atoms with E-state index < -0.39 is 0 Å². The van der Waals surface area contributed by atoms with Crippen LogP contribution in [0.4, 0.5) is 10.2 Å². The maximum Gasteiger partial charge on any atom is 0.166 e. The second kappa shape index (κ2) is 4.18. The minimum Gasteiger partial charge on any atom is -0.493 e. The Labute approximate surface area is 92.7 Å². The normalized spacial score (nSPS) is 10.1. The van der Waals surface area contributed by atoms with E-state index in [0.29, 0.717) is 17.0 Å². The number of benzene rings is 1. The molecule has 0 saturated carbocycles. The second-order valence-corrected chi connectivity index (χ2v) is 3.26. The van der Waals surface area contributed by atoms with E-state index in [4.69, 9.17) is 10.5 Å². The van der Waals surface area contributed by atoms with Crippen LogP contribution in [0.5, 0.6) is 5.75 Å². The van der Waals surface area contributed by atoms with Crippen LogP contribution in [0, 0.1) is 5.82 Å². The summed E-state index contributed by atoms with van der Waals surface area (Å²) in [5.41, 5.74) is 6.59. The number of nitrogen functional groups attached to an aromatic ring is 1. The quantitative estimate of drug-likeness (QED) is 0.842. The molecule has 0 aliphatic heterocycles. The lowest BCUT2D eigenvalue weighted by molar-refractivity contribution is 0.415. The Morgan fingerprint density at radius 2 is 1.94 bits per heavy atom. The molecule has 0 unspecified atom stereocenters. The molecule has 16 heavy (non-hydrogen) atoms. The molecule has 1 aromatic heterocycles. The lowest BCUT2D eigenvalue weighted by Crippen LogP contribution is -1.97. The van der Waals surface area contributed by atoms with Crippen molar-refractivity contribution in [1.82, 2.24) is 4.98 Å². The summed E-state index contributed by atoms with van der Waals surface area (Å²) >= 11 is 0. The van der Waals surface area contributed by atoms with Gasteiger partial charge in [0.1, 0.15) is 5.82 Å². The topological polar surface area (TPSA) is 48.1 Å². The average molecular weight is 218 g/mol. The molecule has 3 nitrogen and oxygen atoms in total. The van der Waals surface area contributed by atoms with Gasteiger partial charge < -0.3 is 10.5 Å². The molecule has 0 bridgehead atoms. The zero-order valence-corrected chi connectivity index (χ0v) is 8.77. The van der Waals surface area contributed by atoms with E-state index in [0.717, 1.165) is 0 Å². The predicted molar refractivity (Wildman–Crippen MR) is 60.6 cm³/mol. The minimum atomic E-state index is -0.320. The van der Waals surface area contributed by atoms with Crippen molar-refractivity contribution in [3.8, 4) is 17.0 Å². The maximum atomic E-state index is 13.5. The molecule has 0 atom stereocenters. The number of methoxy groups -OCH3 is 1. The van der Waals surface area contributed by atoms with Gasteiger partial charge in [0.05, 0.1) is 12.8 Å². The summed E-state index contributed by atoms with van der Waals surface area (Å²) < 4.78 is 18.5. The third-order valence-electron chi connectivity index (χ3n) is 2.26. The Hall–Kier alpha value is -2.10. The fourth-order valence-electron chi connectivity index (χ4n) is 1.45. The molecule has 1 heterocycles. The molecule has 0 spiro atoms. The lowest BCUT2D eigenvalue weighted by Gasteiger charge is -2.06. The van der Waals surface area contributed by atoms with Crippen LogP contribution in [0.25, 0.3) is 11.3 Å². The number of nitrogens with two attached hydrogens (primary N) is 1. The number of hydrogen-bond acceptors (Lipinski definition) is 3. The Balaban J connectivity index is 2.50. The smallest absolute Gasteiger partial charge is 0.166 e. The lowest BCUT2D eigenvalue weighted by atomic mass is 10.1. The number of rotatable bonds is 2. The summed E-state index contributed by atoms with van der Waals surface area (Å²) in [4.78, 5) is 4.09. The monoisotopic (exact) mass is 218 g/mol. The van der Waals surface area contributed by atoms with Crippen molar-refractivity contribution in [1.29, 1.82) is 0 Å². The Morgan fingerprint density at radius 1 is 1.19 bits per heavy atom. The van der Waals surface area contributed by atoms with Crippen LogP contribution in [-0.2, 0) is 0 Å². The third-order valence-corrected chi connectivity index (χ3v) is 2.26. The SMILES string of the molecule is COc1ccc(-c2ccccc2F)nc1N. The van der Waals surface area contributed by atoms with Gasteiger partial charge in [-0.2, -0.15) is 0 Å². The molecular formula is C12H11FN2O. The van der Waals surface area contributed by atoms with Crippen molar-refractivity contribution >= 4 is 5.82 Å². The van der Waals surface area contributed by atoms with Gasteiger partial charge in [0, 0.05) is 5.56 Å². The highest BCUT2D eigenvalue weighted by Crippen LogP contribution is 2.26. The Morgan fingerprint density at radius 3 is 2.56 bits per heavy atom. The maximum absolute atomic E-state index is 13.5. The predicted octanol–water partition coefficient (Wildman–Crippen LogP) is 2.48. The highest BCUT2D eigenvalue weighted by molar-refractivity contribution is 5.63. The average Bonchev–Trinajstić information content (AvgIpc) is 2.29. The van der Waals surface area contributed by atoms with Crippen molar-refractivity contribution in [2.75, 3.05) is 12.8 Å². The van der Waals surface area contributed by atoms with Crippen LogP contribution >= 0.6 is 0 Å². The van der Waals surface area contributed by atoms with E-state index in [2.05, 4.69) is 4.98 Å². The zero-order valence-electron chi connectivity index (χ0n) is 8.77. The molecule has 2 aromatic rings. The molecule has 0 fully saturated rings. The molecule has 82 valence electrons. The van der Waals surface area contributed by atoms with Gasteiger partial charge in [-0.25, -0.2) is 9.37 Å². The summed E-state index contributed by atoms with van der Waals surface area (Å²) in [6, 6.07) is 9.77. The van der Waals surface area contributed by atoms with Gasteiger partial charge in [-0.1, -0.05) is 12.1 Å². The largest absolute Gasteiger partial charge is 0.493 e. The van der Waals surface area contributed by atoms with Gasteiger partial charge in [0.15, 0.2) is 11.6 Å².